The molecule has 2 bridgehead atoms. The molecule has 1 aromatic carbocycles. The molecule has 1 aliphatic heterocycles. The van der Waals surface area contributed by atoms with Gasteiger partial charge in [0.2, 0.25) is 0 Å². The molecule has 0 saturated carbocycles. The molecule has 0 fully saturated rings. The van der Waals surface area contributed by atoms with E-state index in [1.54, 1.807) is 11.8 Å². The number of thioether (sulfide) groups is 1. The molecule has 0 unspecified atom stereocenters. The number of carbonyl (C=O) groups is 2. The summed E-state index contributed by atoms with van der Waals surface area (Å²) in [6.45, 7) is 18.6. The first-order valence-corrected chi connectivity index (χ1v) is 14.7. The van der Waals surface area contributed by atoms with E-state index in [4.69, 9.17) is 9.47 Å². The Balaban J connectivity index is 2.97. The third-order valence-electron chi connectivity index (χ3n) is 4.45. The van der Waals surface area contributed by atoms with E-state index < -0.39 is 30.8 Å². The first-order valence-electron chi connectivity index (χ1n) is 10.0. The molecule has 1 aromatic rings. The lowest BCUT2D eigenvalue weighted by Gasteiger charge is -2.32. The SMILES string of the molecule is CC(C)(C)c1c(O)c(C(C)(C)C)c2c(SC[Si](C)(C)C)c1OC(=O)CCC(=O)O2. The molecule has 0 spiro atoms. The van der Waals surface area contributed by atoms with Crippen molar-refractivity contribution < 1.29 is 24.2 Å². The van der Waals surface area contributed by atoms with Crippen LogP contribution in [0.5, 0.6) is 17.2 Å². The summed E-state index contributed by atoms with van der Waals surface area (Å²) >= 11 is 1.56. The van der Waals surface area contributed by atoms with Gasteiger partial charge < -0.3 is 14.6 Å². The van der Waals surface area contributed by atoms with Crippen LogP contribution >= 0.6 is 11.8 Å². The topological polar surface area (TPSA) is 72.8 Å². The molecule has 0 aliphatic carbocycles. The van der Waals surface area contributed by atoms with Crippen LogP contribution in [-0.4, -0.2) is 30.5 Å². The molecule has 0 saturated heterocycles. The fourth-order valence-electron chi connectivity index (χ4n) is 3.21. The molecule has 5 nitrogen and oxygen atoms in total. The van der Waals surface area contributed by atoms with Crippen molar-refractivity contribution in [1.82, 2.24) is 0 Å². The Bertz CT molecular complexity index is 769. The summed E-state index contributed by atoms with van der Waals surface area (Å²) in [5, 5.41) is 12.2. The molecule has 0 amide bonds. The normalized spacial score (nSPS) is 15.9. The number of carbonyl (C=O) groups excluding carboxylic acids is 2. The van der Waals surface area contributed by atoms with Crippen molar-refractivity contribution in [2.24, 2.45) is 0 Å². The van der Waals surface area contributed by atoms with Gasteiger partial charge in [-0.1, -0.05) is 61.2 Å². The molecule has 29 heavy (non-hydrogen) atoms. The van der Waals surface area contributed by atoms with Crippen molar-refractivity contribution in [3.8, 4) is 17.2 Å². The van der Waals surface area contributed by atoms with Crippen LogP contribution in [0.2, 0.25) is 19.6 Å². The van der Waals surface area contributed by atoms with E-state index in [0.717, 1.165) is 5.38 Å². The van der Waals surface area contributed by atoms with E-state index >= 15 is 0 Å². The zero-order chi connectivity index (χ0) is 22.4. The molecule has 1 heterocycles. The second-order valence-electron chi connectivity index (χ2n) is 10.9. The van der Waals surface area contributed by atoms with Gasteiger partial charge in [0.25, 0.3) is 0 Å². The van der Waals surface area contributed by atoms with Crippen LogP contribution in [0.1, 0.15) is 65.5 Å². The monoisotopic (exact) mass is 438 g/mol. The summed E-state index contributed by atoms with van der Waals surface area (Å²) in [5.74, 6) is -0.270. The number of fused-ring (bicyclic) bond motifs is 2. The van der Waals surface area contributed by atoms with Gasteiger partial charge in [-0.25, -0.2) is 0 Å². The van der Waals surface area contributed by atoms with Crippen molar-refractivity contribution in [2.75, 3.05) is 5.38 Å². The molecule has 0 atom stereocenters. The van der Waals surface area contributed by atoms with Crippen molar-refractivity contribution >= 4 is 31.8 Å². The van der Waals surface area contributed by atoms with Crippen molar-refractivity contribution in [3.05, 3.63) is 11.1 Å². The third-order valence-corrected chi connectivity index (χ3v) is 9.16. The quantitative estimate of drug-likeness (QED) is 0.288. The highest BCUT2D eigenvalue weighted by Gasteiger charge is 2.39. The Morgan fingerprint density at radius 2 is 1.24 bits per heavy atom. The molecular formula is C22H34O5SSi. The van der Waals surface area contributed by atoms with Gasteiger partial charge in [-0.3, -0.25) is 9.59 Å². The van der Waals surface area contributed by atoms with E-state index in [9.17, 15) is 14.7 Å². The average molecular weight is 439 g/mol. The number of benzene rings is 1. The number of esters is 2. The maximum Gasteiger partial charge on any atom is 0.311 e. The van der Waals surface area contributed by atoms with Crippen LogP contribution in [0.3, 0.4) is 0 Å². The number of rotatable bonds is 3. The summed E-state index contributed by atoms with van der Waals surface area (Å²) in [4.78, 5) is 25.5. The summed E-state index contributed by atoms with van der Waals surface area (Å²) in [7, 11) is -1.47. The Morgan fingerprint density at radius 1 is 0.862 bits per heavy atom. The molecule has 1 N–H and O–H groups in total. The largest absolute Gasteiger partial charge is 0.507 e. The van der Waals surface area contributed by atoms with Gasteiger partial charge in [0.05, 0.1) is 25.8 Å². The van der Waals surface area contributed by atoms with Crippen LogP contribution in [0.25, 0.3) is 0 Å². The second-order valence-corrected chi connectivity index (χ2v) is 17.9. The number of aromatic hydroxyl groups is 1. The van der Waals surface area contributed by atoms with E-state index in [1.807, 2.05) is 41.5 Å². The van der Waals surface area contributed by atoms with Crippen LogP contribution in [0.4, 0.5) is 0 Å². The minimum absolute atomic E-state index is 0.0369. The lowest BCUT2D eigenvalue weighted by Crippen LogP contribution is -2.25. The zero-order valence-corrected chi connectivity index (χ0v) is 20.9. The third kappa shape index (κ3) is 5.57. The maximum atomic E-state index is 12.5. The fraction of sp³-hybridized carbons (Fsp3) is 0.636. The second kappa shape index (κ2) is 7.98. The van der Waals surface area contributed by atoms with Crippen molar-refractivity contribution in [1.29, 1.82) is 0 Å². The van der Waals surface area contributed by atoms with Gasteiger partial charge in [-0.05, 0) is 16.2 Å². The average Bonchev–Trinajstić information content (AvgIpc) is 2.51. The number of ether oxygens (including phenoxy) is 2. The van der Waals surface area contributed by atoms with Crippen LogP contribution in [0.15, 0.2) is 4.90 Å². The molecule has 0 radical (unpaired) electrons. The molecule has 162 valence electrons. The molecular weight excluding hydrogens is 404 g/mol. The van der Waals surface area contributed by atoms with Gasteiger partial charge >= 0.3 is 11.9 Å². The van der Waals surface area contributed by atoms with Crippen molar-refractivity contribution in [2.45, 2.75) is 89.8 Å². The van der Waals surface area contributed by atoms with Gasteiger partial charge in [-0.15, -0.1) is 11.8 Å². The van der Waals surface area contributed by atoms with Crippen LogP contribution in [-0.2, 0) is 20.4 Å². The lowest BCUT2D eigenvalue weighted by molar-refractivity contribution is -0.140. The van der Waals surface area contributed by atoms with Gasteiger partial charge in [0.1, 0.15) is 5.75 Å². The standard InChI is InChI=1S/C22H34O5SSi/c1-21(2,3)15-17(25)16(22(4,5)6)19-20(28-12-29(7,8)9)18(15)26-13(23)10-11-14(24)27-19/h25H,10-12H2,1-9H3. The predicted octanol–water partition coefficient (Wildman–Crippen LogP) is 5.56. The predicted molar refractivity (Wildman–Crippen MR) is 120 cm³/mol. The number of hydrogen-bond donors (Lipinski definition) is 1. The highest BCUT2D eigenvalue weighted by molar-refractivity contribution is 8.01. The molecule has 0 aromatic heterocycles. The maximum absolute atomic E-state index is 12.5. The zero-order valence-electron chi connectivity index (χ0n) is 19.1. The van der Waals surface area contributed by atoms with E-state index in [0.29, 0.717) is 27.5 Å². The summed E-state index contributed by atoms with van der Waals surface area (Å²) in [5.41, 5.74) is 0.196. The Hall–Kier alpha value is -1.47. The Kier molecular flexibility index (Phi) is 6.55. The summed E-state index contributed by atoms with van der Waals surface area (Å²) < 4.78 is 11.6. The van der Waals surface area contributed by atoms with Crippen LogP contribution < -0.4 is 9.47 Å². The van der Waals surface area contributed by atoms with Crippen LogP contribution in [0, 0.1) is 0 Å². The first kappa shape index (κ1) is 23.8. The van der Waals surface area contributed by atoms with Gasteiger partial charge in [0.15, 0.2) is 11.5 Å². The smallest absolute Gasteiger partial charge is 0.311 e. The Labute approximate surface area is 179 Å². The minimum atomic E-state index is -1.47. The summed E-state index contributed by atoms with van der Waals surface area (Å²) in [6, 6.07) is 0. The number of phenolic OH excluding ortho intramolecular Hbond substituents is 1. The van der Waals surface area contributed by atoms with E-state index in [-0.39, 0.29) is 18.6 Å². The summed E-state index contributed by atoms with van der Waals surface area (Å²) in [6.07, 6.45) is -0.102. The molecule has 7 heteroatoms. The van der Waals surface area contributed by atoms with E-state index in [2.05, 4.69) is 19.6 Å². The highest BCUT2D eigenvalue weighted by atomic mass is 32.2. The lowest BCUT2D eigenvalue weighted by atomic mass is 9.78. The molecule has 2 rings (SSSR count). The number of hydrogen-bond acceptors (Lipinski definition) is 6. The van der Waals surface area contributed by atoms with Gasteiger partial charge in [0, 0.05) is 11.1 Å². The van der Waals surface area contributed by atoms with E-state index in [1.165, 1.54) is 0 Å². The highest BCUT2D eigenvalue weighted by Crippen LogP contribution is 2.55. The fourth-order valence-corrected chi connectivity index (χ4v) is 6.07. The van der Waals surface area contributed by atoms with Crippen molar-refractivity contribution in [3.63, 3.8) is 0 Å². The number of phenols is 1. The molecule has 1 aliphatic rings. The first-order chi connectivity index (χ1) is 13.0. The van der Waals surface area contributed by atoms with Gasteiger partial charge in [-0.2, -0.15) is 0 Å². The minimum Gasteiger partial charge on any atom is -0.507 e. The Morgan fingerprint density at radius 3 is 1.55 bits per heavy atom.